The molecule has 1 aliphatic heterocycles. The van der Waals surface area contributed by atoms with Crippen LogP contribution in [-0.2, 0) is 11.3 Å². The summed E-state index contributed by atoms with van der Waals surface area (Å²) in [6, 6.07) is 14.8. The minimum Gasteiger partial charge on any atom is -0.379 e. The molecule has 24 heavy (non-hydrogen) atoms. The van der Waals surface area contributed by atoms with Gasteiger partial charge in [0.1, 0.15) is 0 Å². The minimum absolute atomic E-state index is 0.381. The Bertz CT molecular complexity index is 701. The van der Waals surface area contributed by atoms with E-state index in [9.17, 15) is 0 Å². The number of nitrogens with one attached hydrogen (secondary N) is 1. The van der Waals surface area contributed by atoms with Gasteiger partial charge in [0, 0.05) is 35.9 Å². The van der Waals surface area contributed by atoms with Gasteiger partial charge in [-0.3, -0.25) is 4.90 Å². The van der Waals surface area contributed by atoms with Crippen LogP contribution in [0.25, 0.3) is 0 Å². The lowest BCUT2D eigenvalue weighted by molar-refractivity contribution is 0.0168. The molecule has 126 valence electrons. The Labute approximate surface area is 147 Å². The van der Waals surface area contributed by atoms with E-state index < -0.39 is 0 Å². The molecular weight excluding hydrogens is 318 g/mol. The van der Waals surface area contributed by atoms with Crippen LogP contribution < -0.4 is 5.32 Å². The summed E-state index contributed by atoms with van der Waals surface area (Å²) in [5.41, 5.74) is 1.87. The van der Waals surface area contributed by atoms with Gasteiger partial charge in [0.2, 0.25) is 0 Å². The maximum atomic E-state index is 9.01. The number of morpholine rings is 1. The normalized spacial score (nSPS) is 16.7. The molecule has 4 nitrogen and oxygen atoms in total. The highest BCUT2D eigenvalue weighted by Crippen LogP contribution is 2.28. The van der Waals surface area contributed by atoms with E-state index in [0.29, 0.717) is 11.6 Å². The molecule has 1 atom stereocenters. The predicted octanol–water partition coefficient (Wildman–Crippen LogP) is 3.09. The van der Waals surface area contributed by atoms with E-state index in [1.54, 1.807) is 0 Å². The van der Waals surface area contributed by atoms with Crippen LogP contribution in [0.2, 0.25) is 0 Å². The molecule has 0 radical (unpaired) electrons. The number of hydrogen-bond donors (Lipinski definition) is 1. The van der Waals surface area contributed by atoms with Gasteiger partial charge in [0.05, 0.1) is 30.9 Å². The summed E-state index contributed by atoms with van der Waals surface area (Å²) in [7, 11) is 0. The number of rotatable bonds is 6. The van der Waals surface area contributed by atoms with Crippen molar-refractivity contribution in [2.24, 2.45) is 0 Å². The molecule has 2 heterocycles. The average Bonchev–Trinajstić information content (AvgIpc) is 3.05. The quantitative estimate of drug-likeness (QED) is 0.877. The third-order valence-electron chi connectivity index (χ3n) is 4.30. The molecule has 1 aliphatic rings. The average molecular weight is 341 g/mol. The minimum atomic E-state index is 0.381. The number of thiophene rings is 1. The first-order valence-electron chi connectivity index (χ1n) is 8.34. The lowest BCUT2D eigenvalue weighted by Crippen LogP contribution is -2.42. The molecule has 0 aliphatic carbocycles. The van der Waals surface area contributed by atoms with Crippen LogP contribution >= 0.6 is 11.3 Å². The number of nitrogens with zero attached hydrogens (tertiary/aromatic N) is 2. The lowest BCUT2D eigenvalue weighted by Gasteiger charge is -2.34. The fourth-order valence-corrected chi connectivity index (χ4v) is 4.05. The van der Waals surface area contributed by atoms with Crippen molar-refractivity contribution < 1.29 is 4.74 Å². The first kappa shape index (κ1) is 17.1. The molecule has 1 fully saturated rings. The van der Waals surface area contributed by atoms with Crippen LogP contribution in [0.15, 0.2) is 36.4 Å². The Morgan fingerprint density at radius 2 is 2.12 bits per heavy atom. The van der Waals surface area contributed by atoms with E-state index in [4.69, 9.17) is 10.00 Å². The van der Waals surface area contributed by atoms with E-state index in [1.165, 1.54) is 9.75 Å². The molecular formula is C19H23N3OS. The van der Waals surface area contributed by atoms with Crippen LogP contribution in [0.1, 0.15) is 26.9 Å². The van der Waals surface area contributed by atoms with Gasteiger partial charge in [0.25, 0.3) is 0 Å². The van der Waals surface area contributed by atoms with Gasteiger partial charge in [-0.05, 0) is 36.8 Å². The summed E-state index contributed by atoms with van der Waals surface area (Å²) < 4.78 is 5.50. The maximum absolute atomic E-state index is 9.01. The van der Waals surface area contributed by atoms with Gasteiger partial charge in [-0.25, -0.2) is 0 Å². The highest BCUT2D eigenvalue weighted by Gasteiger charge is 2.23. The molecule has 0 amide bonds. The molecule has 1 aromatic heterocycles. The molecule has 0 spiro atoms. The Morgan fingerprint density at radius 1 is 1.29 bits per heavy atom. The van der Waals surface area contributed by atoms with Crippen LogP contribution in [-0.4, -0.2) is 37.7 Å². The first-order chi connectivity index (χ1) is 11.8. The van der Waals surface area contributed by atoms with E-state index in [0.717, 1.165) is 45.0 Å². The Morgan fingerprint density at radius 3 is 2.83 bits per heavy atom. The van der Waals surface area contributed by atoms with E-state index in [2.05, 4.69) is 41.4 Å². The molecule has 0 saturated carbocycles. The standard InChI is InChI=1S/C19H23N3OS/c1-15-5-6-19(24-15)18(22-7-9-23-10-8-22)14-21-13-17-4-2-3-16(11-17)12-20/h2-6,11,18,21H,7-10,13-14H2,1H3/t18-/m1/s1. The summed E-state index contributed by atoms with van der Waals surface area (Å²) in [5.74, 6) is 0. The van der Waals surface area contributed by atoms with Crippen molar-refractivity contribution in [1.29, 1.82) is 5.26 Å². The van der Waals surface area contributed by atoms with Crippen molar-refractivity contribution in [3.05, 3.63) is 57.3 Å². The Kier molecular flexibility index (Phi) is 6.00. The summed E-state index contributed by atoms with van der Waals surface area (Å²) in [4.78, 5) is 5.27. The van der Waals surface area contributed by atoms with E-state index >= 15 is 0 Å². The molecule has 1 aromatic carbocycles. The molecule has 0 bridgehead atoms. The highest BCUT2D eigenvalue weighted by atomic mass is 32.1. The van der Waals surface area contributed by atoms with Crippen LogP contribution in [0, 0.1) is 18.3 Å². The summed E-state index contributed by atoms with van der Waals surface area (Å²) in [6.07, 6.45) is 0. The zero-order chi connectivity index (χ0) is 16.8. The summed E-state index contributed by atoms with van der Waals surface area (Å²) >= 11 is 1.88. The molecule has 2 aromatic rings. The summed E-state index contributed by atoms with van der Waals surface area (Å²) in [6.45, 7) is 7.42. The Balaban J connectivity index is 1.64. The zero-order valence-electron chi connectivity index (χ0n) is 14.0. The van der Waals surface area contributed by atoms with Crippen molar-refractivity contribution in [1.82, 2.24) is 10.2 Å². The maximum Gasteiger partial charge on any atom is 0.0991 e. The van der Waals surface area contributed by atoms with Gasteiger partial charge >= 0.3 is 0 Å². The number of hydrogen-bond acceptors (Lipinski definition) is 5. The smallest absolute Gasteiger partial charge is 0.0991 e. The molecule has 3 rings (SSSR count). The monoisotopic (exact) mass is 341 g/mol. The van der Waals surface area contributed by atoms with Gasteiger partial charge < -0.3 is 10.1 Å². The third kappa shape index (κ3) is 4.43. The number of aryl methyl sites for hydroxylation is 1. The third-order valence-corrected chi connectivity index (χ3v) is 5.40. The summed E-state index contributed by atoms with van der Waals surface area (Å²) in [5, 5.41) is 12.6. The topological polar surface area (TPSA) is 48.3 Å². The first-order valence-corrected chi connectivity index (χ1v) is 9.16. The second kappa shape index (κ2) is 8.41. The van der Waals surface area contributed by atoms with Crippen LogP contribution in [0.3, 0.4) is 0 Å². The predicted molar refractivity (Wildman–Crippen MR) is 97.1 cm³/mol. The molecule has 1 saturated heterocycles. The van der Waals surface area contributed by atoms with Crippen molar-refractivity contribution in [2.45, 2.75) is 19.5 Å². The number of ether oxygens (including phenoxy) is 1. The van der Waals surface area contributed by atoms with E-state index in [-0.39, 0.29) is 0 Å². The van der Waals surface area contributed by atoms with Crippen LogP contribution in [0.5, 0.6) is 0 Å². The second-order valence-corrected chi connectivity index (χ2v) is 7.38. The molecule has 1 N–H and O–H groups in total. The fraction of sp³-hybridized carbons (Fsp3) is 0.421. The van der Waals surface area contributed by atoms with Gasteiger partial charge in [-0.1, -0.05) is 12.1 Å². The van der Waals surface area contributed by atoms with Crippen molar-refractivity contribution in [3.8, 4) is 6.07 Å². The fourth-order valence-electron chi connectivity index (χ4n) is 3.04. The lowest BCUT2D eigenvalue weighted by atomic mass is 10.1. The second-order valence-electron chi connectivity index (χ2n) is 6.06. The largest absolute Gasteiger partial charge is 0.379 e. The Hall–Kier alpha value is -1.71. The van der Waals surface area contributed by atoms with Crippen molar-refractivity contribution in [3.63, 3.8) is 0 Å². The SMILES string of the molecule is Cc1ccc([C@@H](CNCc2cccc(C#N)c2)N2CCOCC2)s1. The van der Waals surface area contributed by atoms with E-state index in [1.807, 2.05) is 29.5 Å². The molecule has 0 unspecified atom stereocenters. The van der Waals surface area contributed by atoms with Gasteiger partial charge in [-0.15, -0.1) is 11.3 Å². The van der Waals surface area contributed by atoms with Gasteiger partial charge in [0.15, 0.2) is 0 Å². The van der Waals surface area contributed by atoms with Gasteiger partial charge in [-0.2, -0.15) is 5.26 Å². The van der Waals surface area contributed by atoms with Crippen molar-refractivity contribution in [2.75, 3.05) is 32.8 Å². The highest BCUT2D eigenvalue weighted by molar-refractivity contribution is 7.12. The zero-order valence-corrected chi connectivity index (χ0v) is 14.8. The number of benzene rings is 1. The van der Waals surface area contributed by atoms with Crippen LogP contribution in [0.4, 0.5) is 0 Å². The molecule has 5 heteroatoms. The number of nitriles is 1. The van der Waals surface area contributed by atoms with Crippen molar-refractivity contribution >= 4 is 11.3 Å².